The summed E-state index contributed by atoms with van der Waals surface area (Å²) in [7, 11) is 0. The van der Waals surface area contributed by atoms with Gasteiger partial charge < -0.3 is 26.6 Å². The number of aryl methyl sites for hydroxylation is 1. The molecule has 2 aromatic carbocycles. The summed E-state index contributed by atoms with van der Waals surface area (Å²) >= 11 is 0. The smallest absolute Gasteiger partial charge is 0.244 e. The lowest BCUT2D eigenvalue weighted by atomic mass is 9.78. The maximum atomic E-state index is 14.2. The number of piperidine rings is 1. The maximum Gasteiger partial charge on any atom is 0.244 e. The lowest BCUT2D eigenvalue weighted by molar-refractivity contribution is -0.147. The number of benzene rings is 2. The van der Waals surface area contributed by atoms with Crippen LogP contribution in [0.4, 0.5) is 5.69 Å². The van der Waals surface area contributed by atoms with Crippen molar-refractivity contribution in [3.05, 3.63) is 101 Å². The number of carbonyl (C=O) groups is 3. The average Bonchev–Trinajstić information content (AvgIpc) is 3.49. The van der Waals surface area contributed by atoms with E-state index in [1.807, 2.05) is 48.2 Å². The first-order chi connectivity index (χ1) is 20.7. The van der Waals surface area contributed by atoms with Crippen LogP contribution in [0.15, 0.2) is 78.7 Å². The second-order valence-corrected chi connectivity index (χ2v) is 12.7. The van der Waals surface area contributed by atoms with Crippen molar-refractivity contribution in [1.82, 2.24) is 15.5 Å². The molecular weight excluding hydrogens is 538 g/mol. The van der Waals surface area contributed by atoms with Gasteiger partial charge in [0.25, 0.3) is 0 Å². The highest BCUT2D eigenvalue weighted by atomic mass is 16.2. The molecule has 5 N–H and O–H groups in total. The van der Waals surface area contributed by atoms with Gasteiger partial charge in [-0.3, -0.25) is 14.4 Å². The van der Waals surface area contributed by atoms with E-state index in [1.54, 1.807) is 12.2 Å². The monoisotopic (exact) mass is 579 g/mol. The second-order valence-electron chi connectivity index (χ2n) is 12.7. The van der Waals surface area contributed by atoms with E-state index in [2.05, 4.69) is 34.7 Å². The molecule has 2 aromatic rings. The normalized spacial score (nSPS) is 26.3. The molecule has 1 saturated heterocycles. The quantitative estimate of drug-likeness (QED) is 0.370. The number of hydrogen-bond acceptors (Lipinski definition) is 5. The van der Waals surface area contributed by atoms with Crippen molar-refractivity contribution >= 4 is 23.4 Å². The van der Waals surface area contributed by atoms with Crippen LogP contribution in [-0.4, -0.2) is 42.3 Å². The molecule has 6 rings (SSSR count). The molecule has 3 atom stereocenters. The molecule has 2 aliphatic heterocycles. The first-order valence-electron chi connectivity index (χ1n) is 15.4. The van der Waals surface area contributed by atoms with E-state index in [0.29, 0.717) is 30.9 Å². The van der Waals surface area contributed by atoms with E-state index in [4.69, 9.17) is 5.73 Å². The summed E-state index contributed by atoms with van der Waals surface area (Å²) in [4.78, 5) is 42.8. The Hall–Kier alpha value is -4.17. The minimum atomic E-state index is -0.768. The van der Waals surface area contributed by atoms with Gasteiger partial charge in [0.2, 0.25) is 17.7 Å². The number of hydrogen-bond donors (Lipinski definition) is 4. The van der Waals surface area contributed by atoms with Crippen LogP contribution in [0, 0.1) is 10.8 Å². The average molecular weight is 580 g/mol. The van der Waals surface area contributed by atoms with Crippen molar-refractivity contribution < 1.29 is 14.4 Å². The number of carbonyl (C=O) groups excluding carboxylic acids is 3. The van der Waals surface area contributed by atoms with Crippen molar-refractivity contribution in [2.24, 2.45) is 16.6 Å². The van der Waals surface area contributed by atoms with Crippen LogP contribution in [-0.2, 0) is 33.6 Å². The Morgan fingerprint density at radius 2 is 1.95 bits per heavy atom. The summed E-state index contributed by atoms with van der Waals surface area (Å²) in [6, 6.07) is 14.0. The van der Waals surface area contributed by atoms with E-state index in [0.717, 1.165) is 60.9 Å². The molecule has 2 aliphatic carbocycles. The molecule has 1 spiro atoms. The van der Waals surface area contributed by atoms with Gasteiger partial charge >= 0.3 is 0 Å². The summed E-state index contributed by atoms with van der Waals surface area (Å²) in [5, 5.41) is 9.27. The van der Waals surface area contributed by atoms with E-state index in [9.17, 15) is 14.4 Å². The van der Waals surface area contributed by atoms with Gasteiger partial charge in [0.05, 0.1) is 16.9 Å². The number of amides is 3. The van der Waals surface area contributed by atoms with Crippen molar-refractivity contribution in [3.63, 3.8) is 0 Å². The molecule has 0 saturated carbocycles. The molecule has 0 aromatic heterocycles. The third-order valence-corrected chi connectivity index (χ3v) is 9.76. The molecular formula is C35H41N5O3. The molecule has 8 nitrogen and oxygen atoms in total. The van der Waals surface area contributed by atoms with Crippen molar-refractivity contribution in [2.75, 3.05) is 25.0 Å². The molecule has 4 aliphatic rings. The van der Waals surface area contributed by atoms with Crippen LogP contribution in [0.2, 0.25) is 0 Å². The Bertz CT molecular complexity index is 1540. The topological polar surface area (TPSA) is 117 Å². The number of rotatable bonds is 7. The van der Waals surface area contributed by atoms with E-state index >= 15 is 0 Å². The van der Waals surface area contributed by atoms with Crippen LogP contribution in [0.25, 0.3) is 0 Å². The standard InChI is InChI=1S/C35H41N5O3/c1-3-4-12-28-31(36)39-32(42)35(28)19-24-14-15-26(18-25(24)20-35)38-30(41)21-40(33(43)34(2)16-8-17-37-22-34)29-13-7-10-23-9-5-6-11-27(23)29/h3-6,9,11-12,14-15,18,29,37H,1,7-8,10,13,16-17,19-22,36H2,2H3,(H,38,41)(H,39,42)/b12-4-/t29-,34?,35?/m1/s1. The fourth-order valence-electron chi connectivity index (χ4n) is 7.52. The number of nitrogens with two attached hydrogens (primary N) is 1. The summed E-state index contributed by atoms with van der Waals surface area (Å²) in [6.45, 7) is 7.26. The molecule has 2 unspecified atom stereocenters. The van der Waals surface area contributed by atoms with Gasteiger partial charge in [0.1, 0.15) is 12.4 Å². The van der Waals surface area contributed by atoms with Gasteiger partial charge in [0, 0.05) is 17.8 Å². The molecule has 0 bridgehead atoms. The van der Waals surface area contributed by atoms with Crippen LogP contribution >= 0.6 is 0 Å². The number of anilines is 1. The molecule has 43 heavy (non-hydrogen) atoms. The first kappa shape index (κ1) is 28.9. The Morgan fingerprint density at radius 3 is 2.74 bits per heavy atom. The predicted molar refractivity (Wildman–Crippen MR) is 168 cm³/mol. The molecule has 1 fully saturated rings. The van der Waals surface area contributed by atoms with E-state index in [1.165, 1.54) is 5.56 Å². The third kappa shape index (κ3) is 5.29. The number of allylic oxidation sites excluding steroid dienone is 3. The Labute approximate surface area is 253 Å². The summed E-state index contributed by atoms with van der Waals surface area (Å²) < 4.78 is 0. The Kier molecular flexibility index (Phi) is 7.73. The fraction of sp³-hybridized carbons (Fsp3) is 0.400. The number of nitrogens with zero attached hydrogens (tertiary/aromatic N) is 1. The zero-order valence-corrected chi connectivity index (χ0v) is 24.9. The predicted octanol–water partition coefficient (Wildman–Crippen LogP) is 4.05. The largest absolute Gasteiger partial charge is 0.385 e. The molecule has 8 heteroatoms. The van der Waals surface area contributed by atoms with Gasteiger partial charge in [0.15, 0.2) is 0 Å². The third-order valence-electron chi connectivity index (χ3n) is 9.76. The number of nitrogens with one attached hydrogen (secondary N) is 3. The van der Waals surface area contributed by atoms with Gasteiger partial charge in [-0.15, -0.1) is 0 Å². The van der Waals surface area contributed by atoms with Crippen LogP contribution < -0.4 is 21.7 Å². The summed E-state index contributed by atoms with van der Waals surface area (Å²) in [5.41, 5.74) is 10.8. The maximum absolute atomic E-state index is 14.2. The van der Waals surface area contributed by atoms with Crippen LogP contribution in [0.5, 0.6) is 0 Å². The van der Waals surface area contributed by atoms with Gasteiger partial charge in [-0.1, -0.05) is 55.1 Å². The number of fused-ring (bicyclic) bond motifs is 2. The molecule has 3 amide bonds. The zero-order chi connectivity index (χ0) is 30.2. The van der Waals surface area contributed by atoms with Crippen LogP contribution in [0.3, 0.4) is 0 Å². The Morgan fingerprint density at radius 1 is 1.14 bits per heavy atom. The highest BCUT2D eigenvalue weighted by molar-refractivity contribution is 5.96. The Balaban J connectivity index is 1.23. The first-order valence-corrected chi connectivity index (χ1v) is 15.4. The van der Waals surface area contributed by atoms with Crippen molar-refractivity contribution in [1.29, 1.82) is 0 Å². The van der Waals surface area contributed by atoms with Gasteiger partial charge in [-0.25, -0.2) is 0 Å². The van der Waals surface area contributed by atoms with E-state index in [-0.39, 0.29) is 30.3 Å². The lowest BCUT2D eigenvalue weighted by Crippen LogP contribution is -2.53. The highest BCUT2D eigenvalue weighted by Crippen LogP contribution is 2.47. The molecule has 0 radical (unpaired) electrons. The van der Waals surface area contributed by atoms with Gasteiger partial charge in [-0.05, 0) is 92.8 Å². The van der Waals surface area contributed by atoms with Crippen molar-refractivity contribution in [3.8, 4) is 0 Å². The summed E-state index contributed by atoms with van der Waals surface area (Å²) in [5.74, 6) is 0.0708. The molecule has 224 valence electrons. The zero-order valence-electron chi connectivity index (χ0n) is 24.9. The van der Waals surface area contributed by atoms with Gasteiger partial charge in [-0.2, -0.15) is 0 Å². The molecule has 2 heterocycles. The second kappa shape index (κ2) is 11.5. The van der Waals surface area contributed by atoms with E-state index < -0.39 is 10.8 Å². The highest BCUT2D eigenvalue weighted by Gasteiger charge is 2.51. The summed E-state index contributed by atoms with van der Waals surface area (Å²) in [6.07, 6.45) is 10.9. The minimum Gasteiger partial charge on any atom is -0.385 e. The fourth-order valence-corrected chi connectivity index (χ4v) is 7.52. The SMILES string of the molecule is C=C/C=C\C1=C(N)NC(=O)C12Cc1ccc(NC(=O)CN(C(=O)C3(C)CCCNC3)[C@@H]3CCCc4ccccc43)cc1C2. The minimum absolute atomic E-state index is 0.0212. The lowest BCUT2D eigenvalue weighted by Gasteiger charge is -2.42. The van der Waals surface area contributed by atoms with Crippen molar-refractivity contribution in [2.45, 2.75) is 57.9 Å². The van der Waals surface area contributed by atoms with Crippen LogP contribution in [0.1, 0.15) is 60.9 Å².